The van der Waals surface area contributed by atoms with Crippen molar-refractivity contribution in [3.8, 4) is 5.69 Å². The molecule has 0 radical (unpaired) electrons. The number of nitrogens with one attached hydrogen (secondary N) is 1. The molecule has 6 heterocycles. The van der Waals surface area contributed by atoms with E-state index in [2.05, 4.69) is 33.0 Å². The first kappa shape index (κ1) is 42.0. The number of fused-ring (bicyclic) bond motifs is 7. The molecule has 1 N–H and O–H groups in total. The number of rotatable bonds is 7. The minimum absolute atomic E-state index is 0.0200. The van der Waals surface area contributed by atoms with Crippen LogP contribution in [0.2, 0.25) is 5.02 Å². The largest absolute Gasteiger partial charge is 0.375 e. The Kier molecular flexibility index (Phi) is 11.0. The molecule has 6 aliphatic rings. The minimum atomic E-state index is -1.10. The number of aryl methyl sites for hydroxylation is 1. The third-order valence-corrected chi connectivity index (χ3v) is 15.7. The topological polar surface area (TPSA) is 134 Å². The highest BCUT2D eigenvalue weighted by atomic mass is 35.5. The van der Waals surface area contributed by atoms with Gasteiger partial charge in [-0.3, -0.25) is 38.8 Å². The van der Waals surface area contributed by atoms with Crippen molar-refractivity contribution in [2.24, 2.45) is 5.92 Å². The van der Waals surface area contributed by atoms with E-state index in [-0.39, 0.29) is 40.7 Å². The van der Waals surface area contributed by atoms with Crippen molar-refractivity contribution >= 4 is 52.3 Å². The first-order valence-corrected chi connectivity index (χ1v) is 23.2. The van der Waals surface area contributed by atoms with Crippen LogP contribution in [0, 0.1) is 18.7 Å². The molecule has 12 nitrogen and oxygen atoms in total. The number of hydrogen-bond acceptors (Lipinski definition) is 9. The Morgan fingerprint density at radius 1 is 0.952 bits per heavy atom. The summed E-state index contributed by atoms with van der Waals surface area (Å²) in [5.41, 5.74) is 4.69. The first-order chi connectivity index (χ1) is 30.5. The standard InChI is InChI=1S/C49H54ClFN6O6/c1-30-24-37(51)41(26-34(30)46(62)56(29-58)39-10-11-42(59)52-44(39)60)55-22-18-48(19-23-55)17-12-31(28-63-48)27-54-20-13-32(14-21-54)33-8-9-35-40(25-33)57-38-7-5-6-36(50)43(38)45(61)53-47(57)49(35)15-3-2-4-16-49/h5-9,24-26,29,31-32,39H,2-4,10-23,27-28H2,1H3,(H,52,59,60). The van der Waals surface area contributed by atoms with E-state index >= 15 is 4.39 Å². The average Bonchev–Trinajstić information content (AvgIpc) is 3.53. The number of nitrogens with zero attached hydrogens (tertiary/aromatic N) is 5. The van der Waals surface area contributed by atoms with Crippen LogP contribution in [-0.2, 0) is 24.5 Å². The predicted octanol–water partition coefficient (Wildman–Crippen LogP) is 7.10. The van der Waals surface area contributed by atoms with Gasteiger partial charge in [0.15, 0.2) is 0 Å². The van der Waals surface area contributed by atoms with Gasteiger partial charge in [-0.05, 0) is 137 Å². The van der Waals surface area contributed by atoms with E-state index in [1.807, 2.05) is 17.0 Å². The van der Waals surface area contributed by atoms with Gasteiger partial charge in [-0.1, -0.05) is 49.1 Å². The number of amides is 4. The lowest BCUT2D eigenvalue weighted by Gasteiger charge is -2.47. The van der Waals surface area contributed by atoms with E-state index in [0.29, 0.717) is 53.9 Å². The van der Waals surface area contributed by atoms with Crippen molar-refractivity contribution < 1.29 is 28.3 Å². The summed E-state index contributed by atoms with van der Waals surface area (Å²) in [7, 11) is 0. The van der Waals surface area contributed by atoms with Crippen LogP contribution >= 0.6 is 11.6 Å². The Labute approximate surface area is 371 Å². The fourth-order valence-electron chi connectivity index (χ4n) is 11.9. The van der Waals surface area contributed by atoms with Crippen LogP contribution in [0.5, 0.6) is 0 Å². The second-order valence-corrected chi connectivity index (χ2v) is 19.4. The molecule has 4 aromatic rings. The van der Waals surface area contributed by atoms with Gasteiger partial charge < -0.3 is 14.5 Å². The maximum absolute atomic E-state index is 15.5. The molecule has 1 aromatic heterocycles. The van der Waals surface area contributed by atoms with Crippen molar-refractivity contribution in [1.82, 2.24) is 24.7 Å². The van der Waals surface area contributed by atoms with E-state index < -0.39 is 29.6 Å². The number of carbonyl (C=O) groups excluding carboxylic acids is 4. The summed E-state index contributed by atoms with van der Waals surface area (Å²) in [5.74, 6) is -0.524. The van der Waals surface area contributed by atoms with Crippen LogP contribution in [0.1, 0.15) is 122 Å². The monoisotopic (exact) mass is 876 g/mol. The second-order valence-electron chi connectivity index (χ2n) is 19.0. The van der Waals surface area contributed by atoms with Gasteiger partial charge in [-0.15, -0.1) is 0 Å². The summed E-state index contributed by atoms with van der Waals surface area (Å²) in [6.45, 7) is 6.47. The number of likely N-dealkylation sites (tertiary alicyclic amines) is 1. The number of piperidine rings is 3. The maximum atomic E-state index is 15.5. The summed E-state index contributed by atoms with van der Waals surface area (Å²) in [6, 6.07) is 14.5. The summed E-state index contributed by atoms with van der Waals surface area (Å²) in [5, 5.41) is 3.13. The van der Waals surface area contributed by atoms with Crippen LogP contribution in [-0.4, -0.2) is 94.5 Å². The van der Waals surface area contributed by atoms with Gasteiger partial charge in [0, 0.05) is 31.6 Å². The van der Waals surface area contributed by atoms with E-state index in [9.17, 15) is 24.0 Å². The molecule has 4 amide bonds. The Bertz CT molecular complexity index is 2570. The number of hydrogen-bond donors (Lipinski definition) is 1. The lowest BCUT2D eigenvalue weighted by atomic mass is 9.69. The van der Waals surface area contributed by atoms with E-state index in [4.69, 9.17) is 21.3 Å². The number of anilines is 1. The van der Waals surface area contributed by atoms with Gasteiger partial charge in [0.2, 0.25) is 18.2 Å². The highest BCUT2D eigenvalue weighted by molar-refractivity contribution is 6.35. The fraction of sp³-hybridized carbons (Fsp3) is 0.510. The van der Waals surface area contributed by atoms with Crippen LogP contribution in [0.25, 0.3) is 16.6 Å². The van der Waals surface area contributed by atoms with Crippen molar-refractivity contribution in [2.75, 3.05) is 44.2 Å². The normalized spacial score (nSPS) is 23.4. The van der Waals surface area contributed by atoms with Gasteiger partial charge in [0.1, 0.15) is 17.7 Å². The molecule has 14 heteroatoms. The lowest BCUT2D eigenvalue weighted by molar-refractivity contribution is -0.139. The molecule has 3 aromatic carbocycles. The van der Waals surface area contributed by atoms with E-state index in [1.54, 1.807) is 13.0 Å². The molecule has 10 rings (SSSR count). The van der Waals surface area contributed by atoms with Crippen molar-refractivity contribution in [3.05, 3.63) is 97.8 Å². The number of aromatic nitrogens is 2. The molecule has 5 aliphatic heterocycles. The van der Waals surface area contributed by atoms with E-state index in [0.717, 1.165) is 106 Å². The van der Waals surface area contributed by atoms with Gasteiger partial charge >= 0.3 is 0 Å². The molecule has 1 aliphatic carbocycles. The Morgan fingerprint density at radius 2 is 1.73 bits per heavy atom. The number of carbonyl (C=O) groups is 4. The minimum Gasteiger partial charge on any atom is -0.375 e. The van der Waals surface area contributed by atoms with Gasteiger partial charge in [0.05, 0.1) is 44.9 Å². The molecule has 1 saturated carbocycles. The third-order valence-electron chi connectivity index (χ3n) is 15.4. The van der Waals surface area contributed by atoms with Crippen molar-refractivity contribution in [1.29, 1.82) is 0 Å². The zero-order valence-electron chi connectivity index (χ0n) is 35.8. The molecular weight excluding hydrogens is 823 g/mol. The van der Waals surface area contributed by atoms with E-state index in [1.165, 1.54) is 29.7 Å². The highest BCUT2D eigenvalue weighted by Gasteiger charge is 2.47. The molecule has 63 heavy (non-hydrogen) atoms. The maximum Gasteiger partial charge on any atom is 0.282 e. The second kappa shape index (κ2) is 16.5. The lowest BCUT2D eigenvalue weighted by Crippen LogP contribution is -2.54. The van der Waals surface area contributed by atoms with Gasteiger partial charge in [0.25, 0.3) is 11.5 Å². The fourth-order valence-corrected chi connectivity index (χ4v) is 12.1. The Hall–Kier alpha value is -4.98. The van der Waals surface area contributed by atoms with Crippen LogP contribution < -0.4 is 15.8 Å². The van der Waals surface area contributed by atoms with Gasteiger partial charge in [-0.25, -0.2) is 4.39 Å². The summed E-state index contributed by atoms with van der Waals surface area (Å²) >= 11 is 6.61. The van der Waals surface area contributed by atoms with Crippen LogP contribution in [0.15, 0.2) is 53.3 Å². The zero-order chi connectivity index (χ0) is 43.6. The van der Waals surface area contributed by atoms with Crippen LogP contribution in [0.4, 0.5) is 10.1 Å². The molecule has 2 spiro atoms. The quantitative estimate of drug-likeness (QED) is 0.153. The summed E-state index contributed by atoms with van der Waals surface area (Å²) in [4.78, 5) is 73.3. The SMILES string of the molecule is Cc1cc(F)c(N2CCC3(CCC(CN4CCC(c5ccc6c(c5)-n5c(nc(=O)c7c(Cl)cccc75)C65CCCCC5)CC4)CO3)CC2)cc1C(=O)N(C=O)C1CCC(=O)NC1=O. The van der Waals surface area contributed by atoms with Crippen LogP contribution in [0.3, 0.4) is 0 Å². The smallest absolute Gasteiger partial charge is 0.282 e. The molecule has 2 atom stereocenters. The summed E-state index contributed by atoms with van der Waals surface area (Å²) < 4.78 is 24.5. The van der Waals surface area contributed by atoms with Crippen molar-refractivity contribution in [3.63, 3.8) is 0 Å². The zero-order valence-corrected chi connectivity index (χ0v) is 36.6. The highest BCUT2D eigenvalue weighted by Crippen LogP contribution is 2.52. The predicted molar refractivity (Wildman–Crippen MR) is 237 cm³/mol. The molecule has 5 fully saturated rings. The molecule has 330 valence electrons. The number of ether oxygens (including phenoxy) is 1. The molecular formula is C49H54ClFN6O6. The molecule has 0 bridgehead atoms. The summed E-state index contributed by atoms with van der Waals surface area (Å²) in [6.07, 6.45) is 11.5. The van der Waals surface area contributed by atoms with Gasteiger partial charge in [-0.2, -0.15) is 4.98 Å². The number of benzene rings is 3. The number of halogens is 2. The number of imide groups is 2. The van der Waals surface area contributed by atoms with Crippen molar-refractivity contribution in [2.45, 2.75) is 113 Å². The average molecular weight is 877 g/mol. The molecule has 2 unspecified atom stereocenters. The molecule has 4 saturated heterocycles. The Balaban J connectivity index is 0.755. The third kappa shape index (κ3) is 7.37. The Morgan fingerprint density at radius 3 is 2.44 bits per heavy atom. The first-order valence-electron chi connectivity index (χ1n) is 22.9.